The minimum atomic E-state index is 0. The number of nitrogens with two attached hydrogens (primary N) is 2. The maximum Gasteiger partial charge on any atom is 0.108 e. The fourth-order valence-corrected chi connectivity index (χ4v) is 7.25. The maximum absolute atomic E-state index is 5.80. The number of unbranched alkanes of at least 4 members (excludes halogenated alkanes) is 9. The van der Waals surface area contributed by atoms with E-state index in [9.17, 15) is 0 Å². The second-order valence-corrected chi connectivity index (χ2v) is 15.1. The molecule has 4 rings (SSSR count). The normalized spacial score (nSPS) is 18.3. The number of benzene rings is 2. The van der Waals surface area contributed by atoms with E-state index in [0.717, 1.165) is 27.9 Å². The lowest BCUT2D eigenvalue weighted by Gasteiger charge is -2.36. The predicted molar refractivity (Wildman–Crippen MR) is 214 cm³/mol. The highest BCUT2D eigenvalue weighted by Crippen LogP contribution is 2.28. The first kappa shape index (κ1) is 40.5. The van der Waals surface area contributed by atoms with Crippen LogP contribution in [0.15, 0.2) is 48.5 Å². The molecule has 0 aromatic heterocycles. The molecule has 0 amide bonds. The molecule has 2 aliphatic heterocycles. The summed E-state index contributed by atoms with van der Waals surface area (Å²) in [7, 11) is 9.67. The van der Waals surface area contributed by atoms with Gasteiger partial charge in [-0.25, -0.2) is 0 Å². The van der Waals surface area contributed by atoms with Gasteiger partial charge in [-0.15, -0.1) is 24.0 Å². The van der Waals surface area contributed by atoms with Crippen molar-refractivity contribution in [2.75, 3.05) is 88.7 Å². The van der Waals surface area contributed by atoms with Crippen LogP contribution in [0.25, 0.3) is 0 Å². The highest BCUT2D eigenvalue weighted by Gasteiger charge is 2.35. The lowest BCUT2D eigenvalue weighted by molar-refractivity contribution is -0.912. The monoisotopic (exact) mass is 750 g/mol. The minimum absolute atomic E-state index is 0. The van der Waals surface area contributed by atoms with Crippen LogP contribution in [0.5, 0.6) is 0 Å². The highest BCUT2D eigenvalue weighted by atomic mass is 127. The minimum Gasteiger partial charge on any atom is -0.399 e. The molecule has 2 aromatic rings. The Hall–Kier alpha value is -1.71. The van der Waals surface area contributed by atoms with E-state index in [1.807, 2.05) is 24.3 Å². The van der Waals surface area contributed by atoms with Crippen molar-refractivity contribution >= 4 is 46.7 Å². The number of rotatable bonds is 17. The van der Waals surface area contributed by atoms with Crippen molar-refractivity contribution in [1.29, 1.82) is 0 Å². The van der Waals surface area contributed by atoms with Crippen molar-refractivity contribution in [3.05, 3.63) is 48.5 Å². The molecule has 7 heteroatoms. The zero-order valence-electron chi connectivity index (χ0n) is 30.6. The van der Waals surface area contributed by atoms with Crippen LogP contribution in [0.3, 0.4) is 0 Å². The van der Waals surface area contributed by atoms with Gasteiger partial charge < -0.3 is 30.2 Å². The number of hydrogen-bond acceptors (Lipinski definition) is 4. The zero-order valence-corrected chi connectivity index (χ0v) is 32.9. The Morgan fingerprint density at radius 2 is 0.870 bits per heavy atom. The van der Waals surface area contributed by atoms with E-state index in [1.165, 1.54) is 139 Å². The van der Waals surface area contributed by atoms with Gasteiger partial charge >= 0.3 is 0 Å². The van der Waals surface area contributed by atoms with Crippen molar-refractivity contribution in [1.82, 2.24) is 0 Å². The molecule has 0 bridgehead atoms. The molecule has 46 heavy (non-hydrogen) atoms. The topological polar surface area (TPSA) is 58.5 Å². The summed E-state index contributed by atoms with van der Waals surface area (Å²) in [4.78, 5) is 5.03. The first-order valence-electron chi connectivity index (χ1n) is 18.4. The molecule has 0 aliphatic carbocycles. The van der Waals surface area contributed by atoms with Crippen molar-refractivity contribution in [2.45, 2.75) is 109 Å². The summed E-state index contributed by atoms with van der Waals surface area (Å²) in [5.74, 6) is 0. The van der Waals surface area contributed by atoms with Gasteiger partial charge in [-0.05, 0) is 74.2 Å². The zero-order chi connectivity index (χ0) is 32.7. The van der Waals surface area contributed by atoms with Crippen molar-refractivity contribution in [3.63, 3.8) is 0 Å². The molecule has 2 fully saturated rings. The number of nitrogens with zero attached hydrogens (tertiary/aromatic N) is 4. The van der Waals surface area contributed by atoms with E-state index in [0.29, 0.717) is 0 Å². The molecule has 0 spiro atoms. The third-order valence-corrected chi connectivity index (χ3v) is 10.7. The molecule has 0 radical (unpaired) electrons. The molecular weight excluding hydrogens is 679 g/mol. The van der Waals surface area contributed by atoms with Gasteiger partial charge in [-0.1, -0.05) is 58.8 Å². The third-order valence-electron chi connectivity index (χ3n) is 10.7. The molecule has 2 aliphatic rings. The van der Waals surface area contributed by atoms with Gasteiger partial charge in [0.2, 0.25) is 0 Å². The van der Waals surface area contributed by atoms with E-state index in [4.69, 9.17) is 11.5 Å². The number of quaternary nitrogens is 2. The molecule has 262 valence electrons. The summed E-state index contributed by atoms with van der Waals surface area (Å²) < 4.78 is 2.33. The average molecular weight is 751 g/mol. The number of halogens is 1. The maximum atomic E-state index is 5.80. The van der Waals surface area contributed by atoms with Crippen molar-refractivity contribution < 1.29 is 8.97 Å². The Morgan fingerprint density at radius 1 is 0.543 bits per heavy atom. The summed E-state index contributed by atoms with van der Waals surface area (Å²) in [5, 5.41) is 0. The largest absolute Gasteiger partial charge is 0.399 e. The van der Waals surface area contributed by atoms with Crippen LogP contribution < -0.4 is 21.3 Å². The summed E-state index contributed by atoms with van der Waals surface area (Å²) in [6.45, 7) is 11.9. The Kier molecular flexibility index (Phi) is 18.1. The fourth-order valence-electron chi connectivity index (χ4n) is 7.25. The van der Waals surface area contributed by atoms with Crippen LogP contribution in [-0.2, 0) is 0 Å². The van der Waals surface area contributed by atoms with Gasteiger partial charge in [0.25, 0.3) is 0 Å². The Morgan fingerprint density at radius 3 is 1.22 bits per heavy atom. The van der Waals surface area contributed by atoms with Crippen LogP contribution >= 0.6 is 24.0 Å². The summed E-state index contributed by atoms with van der Waals surface area (Å²) in [6, 6.07) is 18.2. The standard InChI is InChI=1S/C20H36N3.C19H34N3.HI/c1-4-5-6-7-8-9-16-23(2,3)20-14-15-22(17-20)19-12-10-18(21)11-13-19;1-4-5-6-7-8-15-22(2,3)19-13-14-21(16-19)18-11-9-17(20)10-12-18;/h10-13,20H,4-9,14-17,21H2,1-3H3;9-12,19H,4-8,13-16,20H2,1-3H3;1H/q2*+1;. The molecule has 4 N–H and O–H groups in total. The van der Waals surface area contributed by atoms with Gasteiger partial charge in [0.1, 0.15) is 12.1 Å². The quantitative estimate of drug-likeness (QED) is 0.0735. The molecule has 2 saturated heterocycles. The van der Waals surface area contributed by atoms with Gasteiger partial charge in [-0.2, -0.15) is 0 Å². The van der Waals surface area contributed by atoms with E-state index in [1.54, 1.807) is 0 Å². The molecule has 0 saturated carbocycles. The van der Waals surface area contributed by atoms with Crippen LogP contribution in [-0.4, -0.2) is 88.5 Å². The van der Waals surface area contributed by atoms with Gasteiger partial charge in [-0.3, -0.25) is 0 Å². The number of likely N-dealkylation sites (N-methyl/N-ethyl adjacent to an activating group) is 2. The predicted octanol–water partition coefficient (Wildman–Crippen LogP) is 8.80. The van der Waals surface area contributed by atoms with Gasteiger partial charge in [0.05, 0.1) is 54.4 Å². The number of nitrogen functional groups attached to an aromatic ring is 2. The average Bonchev–Trinajstić information content (AvgIpc) is 3.72. The molecule has 2 aromatic carbocycles. The molecule has 2 unspecified atom stereocenters. The van der Waals surface area contributed by atoms with Crippen LogP contribution in [0.2, 0.25) is 0 Å². The second kappa shape index (κ2) is 20.6. The van der Waals surface area contributed by atoms with Crippen LogP contribution in [0.1, 0.15) is 97.3 Å². The third kappa shape index (κ3) is 13.4. The first-order valence-corrected chi connectivity index (χ1v) is 18.4. The summed E-state index contributed by atoms with van der Waals surface area (Å²) >= 11 is 0. The lowest BCUT2D eigenvalue weighted by atomic mass is 10.1. The Labute approximate surface area is 301 Å². The van der Waals surface area contributed by atoms with Crippen molar-refractivity contribution in [2.24, 2.45) is 0 Å². The summed E-state index contributed by atoms with van der Waals surface area (Å²) in [6.07, 6.45) is 17.8. The Bertz CT molecular complexity index is 1070. The highest BCUT2D eigenvalue weighted by molar-refractivity contribution is 14.0. The van der Waals surface area contributed by atoms with Gasteiger partial charge in [0.15, 0.2) is 0 Å². The lowest BCUT2D eigenvalue weighted by Crippen LogP contribution is -2.50. The van der Waals surface area contributed by atoms with E-state index >= 15 is 0 Å². The van der Waals surface area contributed by atoms with E-state index < -0.39 is 0 Å². The smallest absolute Gasteiger partial charge is 0.108 e. The molecule has 2 atom stereocenters. The van der Waals surface area contributed by atoms with Crippen molar-refractivity contribution in [3.8, 4) is 0 Å². The summed E-state index contributed by atoms with van der Waals surface area (Å²) in [5.41, 5.74) is 15.9. The van der Waals surface area contributed by atoms with Crippen LogP contribution in [0.4, 0.5) is 22.7 Å². The Balaban J connectivity index is 0.000000314. The first-order chi connectivity index (χ1) is 21.6. The molecule has 2 heterocycles. The number of anilines is 4. The second-order valence-electron chi connectivity index (χ2n) is 15.1. The fraction of sp³-hybridized carbons (Fsp3) is 0.692. The van der Waals surface area contributed by atoms with Crippen LogP contribution in [0, 0.1) is 0 Å². The van der Waals surface area contributed by atoms with E-state index in [-0.39, 0.29) is 24.0 Å². The van der Waals surface area contributed by atoms with Gasteiger partial charge in [0, 0.05) is 48.7 Å². The molecule has 6 nitrogen and oxygen atoms in total. The molecular formula is C39H71IN6+2. The number of hydrogen-bond donors (Lipinski definition) is 2. The SMILES string of the molecule is CCCCCCCC[N+](C)(C)C1CCN(c2ccc(N)cc2)C1.CCCCCCC[N+](C)(C)C1CCN(c2ccc(N)cc2)C1.I. The van der Waals surface area contributed by atoms with E-state index in [2.05, 4.69) is 76.1 Å².